The molecule has 1 atom stereocenters. The highest BCUT2D eigenvalue weighted by atomic mass is 79.9. The van der Waals surface area contributed by atoms with Crippen LogP contribution in [0.4, 0.5) is 0 Å². The lowest BCUT2D eigenvalue weighted by atomic mass is 10.0. The topological polar surface area (TPSA) is 62.3 Å². The maximum absolute atomic E-state index is 6.47. The molecule has 0 aliphatic carbocycles. The number of ether oxygens (including phenoxy) is 2. The van der Waals surface area contributed by atoms with Crippen LogP contribution in [0.1, 0.15) is 37.2 Å². The molecule has 114 valence electrons. The Morgan fingerprint density at radius 2 is 1.95 bits per heavy atom. The second-order valence-corrected chi connectivity index (χ2v) is 5.86. The van der Waals surface area contributed by atoms with E-state index in [4.69, 9.17) is 15.2 Å². The van der Waals surface area contributed by atoms with Crippen molar-refractivity contribution in [1.82, 2.24) is 9.78 Å². The molecule has 21 heavy (non-hydrogen) atoms. The minimum absolute atomic E-state index is 0.217. The number of halogens is 1. The number of rotatable bonds is 5. The molecule has 2 aromatic rings. The highest BCUT2D eigenvalue weighted by Crippen LogP contribution is 2.35. The first-order chi connectivity index (χ1) is 9.99. The van der Waals surface area contributed by atoms with E-state index in [1.807, 2.05) is 22.9 Å². The Bertz CT molecular complexity index is 625. The highest BCUT2D eigenvalue weighted by Gasteiger charge is 2.23. The lowest BCUT2D eigenvalue weighted by Gasteiger charge is -2.20. The molecule has 2 N–H and O–H groups in total. The van der Waals surface area contributed by atoms with Gasteiger partial charge in [0.15, 0.2) is 0 Å². The quantitative estimate of drug-likeness (QED) is 0.895. The van der Waals surface area contributed by atoms with Crippen LogP contribution in [0.5, 0.6) is 11.5 Å². The first kappa shape index (κ1) is 15.9. The zero-order valence-corrected chi connectivity index (χ0v) is 14.2. The second-order valence-electron chi connectivity index (χ2n) is 5.00. The van der Waals surface area contributed by atoms with Gasteiger partial charge in [-0.1, -0.05) is 0 Å². The Morgan fingerprint density at radius 1 is 1.24 bits per heavy atom. The van der Waals surface area contributed by atoms with Gasteiger partial charge in [0.05, 0.1) is 36.6 Å². The predicted molar refractivity (Wildman–Crippen MR) is 85.9 cm³/mol. The van der Waals surface area contributed by atoms with Crippen LogP contribution in [0.25, 0.3) is 0 Å². The lowest BCUT2D eigenvalue weighted by molar-refractivity contribution is 0.395. The van der Waals surface area contributed by atoms with Gasteiger partial charge in [-0.25, -0.2) is 0 Å². The predicted octanol–water partition coefficient (Wildman–Crippen LogP) is 3.29. The SMILES string of the molecule is COc1ccc(OC)c(C(N)c2c(Br)cnn2C(C)C)c1. The van der Waals surface area contributed by atoms with Crippen LogP contribution in [0.2, 0.25) is 0 Å². The largest absolute Gasteiger partial charge is 0.497 e. The van der Waals surface area contributed by atoms with Crippen LogP contribution in [0.15, 0.2) is 28.9 Å². The van der Waals surface area contributed by atoms with Gasteiger partial charge in [0.2, 0.25) is 0 Å². The molecule has 0 radical (unpaired) electrons. The van der Waals surface area contributed by atoms with Crippen molar-refractivity contribution in [3.63, 3.8) is 0 Å². The number of nitrogens with zero attached hydrogens (tertiary/aromatic N) is 2. The summed E-state index contributed by atoms with van der Waals surface area (Å²) in [6.45, 7) is 4.14. The first-order valence-corrected chi connectivity index (χ1v) is 7.49. The summed E-state index contributed by atoms with van der Waals surface area (Å²) in [4.78, 5) is 0. The standard InChI is InChI=1S/C15H20BrN3O2/c1-9(2)19-15(12(16)8-18-19)14(17)11-7-10(20-3)5-6-13(11)21-4/h5-9,14H,17H2,1-4H3. The van der Waals surface area contributed by atoms with E-state index in [-0.39, 0.29) is 12.1 Å². The summed E-state index contributed by atoms with van der Waals surface area (Å²) in [7, 11) is 3.26. The van der Waals surface area contributed by atoms with Crippen LogP contribution in [-0.4, -0.2) is 24.0 Å². The van der Waals surface area contributed by atoms with Crippen LogP contribution in [-0.2, 0) is 0 Å². The zero-order valence-electron chi connectivity index (χ0n) is 12.6. The van der Waals surface area contributed by atoms with Gasteiger partial charge in [-0.05, 0) is 48.0 Å². The molecular weight excluding hydrogens is 334 g/mol. The molecule has 5 nitrogen and oxygen atoms in total. The summed E-state index contributed by atoms with van der Waals surface area (Å²) in [6, 6.07) is 5.46. The average Bonchev–Trinajstić information content (AvgIpc) is 2.87. The third-order valence-corrected chi connectivity index (χ3v) is 3.95. The van der Waals surface area contributed by atoms with Crippen molar-refractivity contribution in [2.45, 2.75) is 25.9 Å². The van der Waals surface area contributed by atoms with E-state index in [0.29, 0.717) is 0 Å². The number of aromatic nitrogens is 2. The fourth-order valence-electron chi connectivity index (χ4n) is 2.28. The van der Waals surface area contributed by atoms with Gasteiger partial charge in [-0.3, -0.25) is 4.68 Å². The van der Waals surface area contributed by atoms with Crippen LogP contribution in [0, 0.1) is 0 Å². The number of hydrogen-bond donors (Lipinski definition) is 1. The Morgan fingerprint density at radius 3 is 2.52 bits per heavy atom. The van der Waals surface area contributed by atoms with Crippen molar-refractivity contribution in [3.05, 3.63) is 40.1 Å². The molecule has 0 bridgehead atoms. The lowest BCUT2D eigenvalue weighted by Crippen LogP contribution is -2.20. The summed E-state index contributed by atoms with van der Waals surface area (Å²) in [5.41, 5.74) is 8.25. The zero-order chi connectivity index (χ0) is 15.6. The summed E-state index contributed by atoms with van der Waals surface area (Å²) in [6.07, 6.45) is 1.77. The van der Waals surface area contributed by atoms with Crippen molar-refractivity contribution in [1.29, 1.82) is 0 Å². The van der Waals surface area contributed by atoms with Gasteiger partial charge in [0.1, 0.15) is 11.5 Å². The summed E-state index contributed by atoms with van der Waals surface area (Å²) in [5, 5.41) is 4.38. The third-order valence-electron chi connectivity index (χ3n) is 3.34. The van der Waals surface area contributed by atoms with E-state index in [0.717, 1.165) is 27.2 Å². The van der Waals surface area contributed by atoms with Crippen molar-refractivity contribution in [2.75, 3.05) is 14.2 Å². The van der Waals surface area contributed by atoms with Gasteiger partial charge in [0, 0.05) is 11.6 Å². The maximum atomic E-state index is 6.47. The van der Waals surface area contributed by atoms with E-state index < -0.39 is 0 Å². The van der Waals surface area contributed by atoms with Crippen molar-refractivity contribution >= 4 is 15.9 Å². The molecule has 1 aromatic carbocycles. The number of hydrogen-bond acceptors (Lipinski definition) is 4. The van der Waals surface area contributed by atoms with Crippen molar-refractivity contribution in [2.24, 2.45) is 5.73 Å². The Hall–Kier alpha value is -1.53. The normalized spacial score (nSPS) is 12.5. The van der Waals surface area contributed by atoms with Crippen molar-refractivity contribution < 1.29 is 9.47 Å². The minimum atomic E-state index is -0.366. The van der Waals surface area contributed by atoms with Crippen molar-refractivity contribution in [3.8, 4) is 11.5 Å². The molecule has 2 rings (SSSR count). The fourth-order valence-corrected chi connectivity index (χ4v) is 2.80. The van der Waals surface area contributed by atoms with Crippen LogP contribution >= 0.6 is 15.9 Å². The summed E-state index contributed by atoms with van der Waals surface area (Å²) >= 11 is 3.53. The summed E-state index contributed by atoms with van der Waals surface area (Å²) in [5.74, 6) is 1.47. The van der Waals surface area contributed by atoms with E-state index in [1.54, 1.807) is 20.4 Å². The molecule has 0 saturated carbocycles. The minimum Gasteiger partial charge on any atom is -0.497 e. The van der Waals surface area contributed by atoms with E-state index in [9.17, 15) is 0 Å². The monoisotopic (exact) mass is 353 g/mol. The molecule has 0 spiro atoms. The number of methoxy groups -OCH3 is 2. The Kier molecular flexibility index (Phi) is 4.90. The van der Waals surface area contributed by atoms with E-state index >= 15 is 0 Å². The number of nitrogens with two attached hydrogens (primary N) is 1. The van der Waals surface area contributed by atoms with Crippen LogP contribution in [0.3, 0.4) is 0 Å². The molecule has 6 heteroatoms. The second kappa shape index (κ2) is 6.49. The molecule has 0 fully saturated rings. The molecule has 1 aromatic heterocycles. The summed E-state index contributed by atoms with van der Waals surface area (Å²) < 4.78 is 13.5. The smallest absolute Gasteiger partial charge is 0.124 e. The van der Waals surface area contributed by atoms with Gasteiger partial charge in [-0.2, -0.15) is 5.10 Å². The molecule has 0 saturated heterocycles. The molecule has 0 aliphatic heterocycles. The molecule has 0 aliphatic rings. The molecule has 1 heterocycles. The molecular formula is C15H20BrN3O2. The van der Waals surface area contributed by atoms with Gasteiger partial charge in [0.25, 0.3) is 0 Å². The third kappa shape index (κ3) is 3.06. The van der Waals surface area contributed by atoms with Gasteiger partial charge >= 0.3 is 0 Å². The van der Waals surface area contributed by atoms with E-state index in [1.165, 1.54) is 0 Å². The van der Waals surface area contributed by atoms with Gasteiger partial charge < -0.3 is 15.2 Å². The first-order valence-electron chi connectivity index (χ1n) is 6.70. The molecule has 1 unspecified atom stereocenters. The van der Waals surface area contributed by atoms with Gasteiger partial charge in [-0.15, -0.1) is 0 Å². The average molecular weight is 354 g/mol. The fraction of sp³-hybridized carbons (Fsp3) is 0.400. The highest BCUT2D eigenvalue weighted by molar-refractivity contribution is 9.10. The Labute approximate surface area is 133 Å². The Balaban J connectivity index is 2.54. The molecule has 0 amide bonds. The number of benzene rings is 1. The van der Waals surface area contributed by atoms with E-state index in [2.05, 4.69) is 34.9 Å². The van der Waals surface area contributed by atoms with Crippen LogP contribution < -0.4 is 15.2 Å². The maximum Gasteiger partial charge on any atom is 0.124 e.